The molecule has 1 fully saturated rings. The smallest absolute Gasteiger partial charge is 0.261 e. The topological polar surface area (TPSA) is 53.5 Å². The predicted octanol–water partition coefficient (Wildman–Crippen LogP) is 5.14. The Morgan fingerprint density at radius 3 is 2.44 bits per heavy atom. The maximum Gasteiger partial charge on any atom is 0.261 e. The third kappa shape index (κ3) is 4.31. The molecule has 176 valence electrons. The van der Waals surface area contributed by atoms with Gasteiger partial charge in [-0.1, -0.05) is 11.6 Å². The number of piperazine rings is 1. The van der Waals surface area contributed by atoms with E-state index in [1.807, 2.05) is 24.3 Å². The van der Waals surface area contributed by atoms with Gasteiger partial charge in [0.25, 0.3) is 5.88 Å². The second-order valence-corrected chi connectivity index (χ2v) is 8.64. The monoisotopic (exact) mass is 467 g/mol. The fraction of sp³-hybridized carbons (Fsp3) is 0.280. The van der Waals surface area contributed by atoms with Crippen molar-refractivity contribution < 1.29 is 17.9 Å². The molecule has 2 aliphatic rings. The summed E-state index contributed by atoms with van der Waals surface area (Å²) in [5.41, 5.74) is 2.94. The van der Waals surface area contributed by atoms with Gasteiger partial charge < -0.3 is 19.9 Å². The normalized spacial score (nSPS) is 15.8. The first-order chi connectivity index (χ1) is 16.4. The van der Waals surface area contributed by atoms with Gasteiger partial charge in [-0.15, -0.1) is 0 Å². The van der Waals surface area contributed by atoms with Crippen molar-refractivity contribution in [2.24, 2.45) is 0 Å². The van der Waals surface area contributed by atoms with Gasteiger partial charge in [-0.3, -0.25) is 0 Å². The van der Waals surface area contributed by atoms with E-state index in [-0.39, 0.29) is 16.9 Å². The Morgan fingerprint density at radius 2 is 1.71 bits per heavy atom. The summed E-state index contributed by atoms with van der Waals surface area (Å²) < 4.78 is 49.7. The van der Waals surface area contributed by atoms with Crippen molar-refractivity contribution in [3.05, 3.63) is 70.8 Å². The van der Waals surface area contributed by atoms with E-state index in [4.69, 9.17) is 4.74 Å². The molecule has 0 atom stereocenters. The van der Waals surface area contributed by atoms with Crippen molar-refractivity contribution in [3.8, 4) is 11.6 Å². The van der Waals surface area contributed by atoms with Crippen LogP contribution < -0.4 is 15.0 Å². The SMILES string of the molecule is CC1=Cc2c(F)c(Oc3ncnc(Nc4ccc(N5CCN(C)CC5)cc4)c3F)cc(F)c2C1. The van der Waals surface area contributed by atoms with Crippen LogP contribution in [0.3, 0.4) is 0 Å². The van der Waals surface area contributed by atoms with Crippen LogP contribution in [0.25, 0.3) is 6.08 Å². The summed E-state index contributed by atoms with van der Waals surface area (Å²) in [4.78, 5) is 12.3. The zero-order valence-electron chi connectivity index (χ0n) is 18.9. The van der Waals surface area contributed by atoms with Crippen LogP contribution in [0, 0.1) is 17.5 Å². The Kier molecular flexibility index (Phi) is 5.87. The van der Waals surface area contributed by atoms with Gasteiger partial charge >= 0.3 is 0 Å². The van der Waals surface area contributed by atoms with E-state index >= 15 is 4.39 Å². The first kappa shape index (κ1) is 22.2. The minimum atomic E-state index is -0.905. The molecule has 0 spiro atoms. The molecule has 1 aliphatic heterocycles. The second-order valence-electron chi connectivity index (χ2n) is 8.64. The zero-order chi connectivity index (χ0) is 23.8. The number of halogens is 3. The number of anilines is 3. The molecule has 9 heteroatoms. The summed E-state index contributed by atoms with van der Waals surface area (Å²) in [6.07, 6.45) is 3.00. The summed E-state index contributed by atoms with van der Waals surface area (Å²) in [5, 5.41) is 2.90. The summed E-state index contributed by atoms with van der Waals surface area (Å²) in [5.74, 6) is -3.31. The van der Waals surface area contributed by atoms with Crippen molar-refractivity contribution in [3.63, 3.8) is 0 Å². The highest BCUT2D eigenvalue weighted by Gasteiger charge is 2.24. The van der Waals surface area contributed by atoms with Crippen LogP contribution >= 0.6 is 0 Å². The van der Waals surface area contributed by atoms with E-state index in [2.05, 4.69) is 32.1 Å². The van der Waals surface area contributed by atoms with Gasteiger partial charge in [0.15, 0.2) is 17.4 Å². The Hall–Kier alpha value is -3.59. The number of hydrogen-bond acceptors (Lipinski definition) is 6. The summed E-state index contributed by atoms with van der Waals surface area (Å²) >= 11 is 0. The van der Waals surface area contributed by atoms with Crippen LogP contribution in [0.5, 0.6) is 11.6 Å². The lowest BCUT2D eigenvalue weighted by Gasteiger charge is -2.34. The van der Waals surface area contributed by atoms with E-state index < -0.39 is 29.1 Å². The summed E-state index contributed by atoms with van der Waals surface area (Å²) in [6, 6.07) is 8.51. The molecule has 1 aliphatic carbocycles. The molecule has 1 aromatic heterocycles. The number of ether oxygens (including phenoxy) is 1. The van der Waals surface area contributed by atoms with Crippen LogP contribution in [0.2, 0.25) is 0 Å². The molecule has 2 heterocycles. The van der Waals surface area contributed by atoms with E-state index in [9.17, 15) is 8.78 Å². The fourth-order valence-corrected chi connectivity index (χ4v) is 4.21. The van der Waals surface area contributed by atoms with E-state index in [0.29, 0.717) is 12.1 Å². The zero-order valence-corrected chi connectivity index (χ0v) is 18.9. The standard InChI is InChI=1S/C25H24F3N5O/c1-15-11-18-19(12-15)22(27)21(13-20(18)26)34-25-23(28)24(29-14-30-25)31-16-3-5-17(6-4-16)33-9-7-32(2)8-10-33/h3-6,12-14H,7-11H2,1-2H3,(H,29,30,31). The molecule has 0 bridgehead atoms. The minimum Gasteiger partial charge on any atom is -0.433 e. The maximum atomic E-state index is 15.1. The lowest BCUT2D eigenvalue weighted by atomic mass is 10.1. The van der Waals surface area contributed by atoms with Crippen molar-refractivity contribution >= 4 is 23.3 Å². The van der Waals surface area contributed by atoms with Crippen molar-refractivity contribution in [2.45, 2.75) is 13.3 Å². The lowest BCUT2D eigenvalue weighted by Crippen LogP contribution is -2.44. The molecule has 0 unspecified atom stereocenters. The second kappa shape index (κ2) is 8.98. The lowest BCUT2D eigenvalue weighted by molar-refractivity contribution is 0.313. The predicted molar refractivity (Wildman–Crippen MR) is 125 cm³/mol. The first-order valence-electron chi connectivity index (χ1n) is 11.1. The van der Waals surface area contributed by atoms with Crippen LogP contribution in [0.15, 0.2) is 42.2 Å². The molecule has 1 saturated heterocycles. The average Bonchev–Trinajstić information content (AvgIpc) is 3.23. The van der Waals surface area contributed by atoms with Crippen LogP contribution in [-0.2, 0) is 6.42 Å². The van der Waals surface area contributed by atoms with Gasteiger partial charge in [0, 0.05) is 54.7 Å². The molecular formula is C25H24F3N5O. The van der Waals surface area contributed by atoms with Gasteiger partial charge in [0.05, 0.1) is 0 Å². The highest BCUT2D eigenvalue weighted by Crippen LogP contribution is 2.37. The molecule has 1 N–H and O–H groups in total. The number of benzene rings is 2. The molecule has 34 heavy (non-hydrogen) atoms. The number of rotatable bonds is 5. The Morgan fingerprint density at radius 1 is 0.971 bits per heavy atom. The number of nitrogens with one attached hydrogen (secondary N) is 1. The van der Waals surface area contributed by atoms with Crippen LogP contribution in [0.1, 0.15) is 18.1 Å². The van der Waals surface area contributed by atoms with Gasteiger partial charge in [-0.05, 0) is 44.7 Å². The summed E-state index contributed by atoms with van der Waals surface area (Å²) in [7, 11) is 2.10. The molecule has 6 nitrogen and oxygen atoms in total. The van der Waals surface area contributed by atoms with Crippen LogP contribution in [-0.4, -0.2) is 48.1 Å². The van der Waals surface area contributed by atoms with Crippen molar-refractivity contribution in [1.29, 1.82) is 0 Å². The van der Waals surface area contributed by atoms with Crippen LogP contribution in [0.4, 0.5) is 30.4 Å². The minimum absolute atomic E-state index is 0.126. The fourth-order valence-electron chi connectivity index (χ4n) is 4.21. The van der Waals surface area contributed by atoms with E-state index in [1.54, 1.807) is 13.0 Å². The quantitative estimate of drug-likeness (QED) is 0.561. The molecule has 5 rings (SSSR count). The number of aromatic nitrogens is 2. The molecule has 3 aromatic rings. The van der Waals surface area contributed by atoms with Gasteiger partial charge in [-0.25, -0.2) is 13.8 Å². The van der Waals surface area contributed by atoms with E-state index in [1.165, 1.54) is 0 Å². The molecule has 0 amide bonds. The van der Waals surface area contributed by atoms with Gasteiger partial charge in [0.1, 0.15) is 12.1 Å². The third-order valence-corrected chi connectivity index (χ3v) is 6.13. The largest absolute Gasteiger partial charge is 0.433 e. The number of hydrogen-bond donors (Lipinski definition) is 1. The number of allylic oxidation sites excluding steroid dienone is 1. The van der Waals surface area contributed by atoms with E-state index in [0.717, 1.165) is 49.8 Å². The number of likely N-dealkylation sites (N-methyl/N-ethyl adjacent to an activating group) is 1. The third-order valence-electron chi connectivity index (χ3n) is 6.13. The highest BCUT2D eigenvalue weighted by molar-refractivity contribution is 5.66. The Balaban J connectivity index is 1.34. The first-order valence-corrected chi connectivity index (χ1v) is 11.1. The van der Waals surface area contributed by atoms with Crippen molar-refractivity contribution in [2.75, 3.05) is 43.4 Å². The number of nitrogens with zero attached hydrogens (tertiary/aromatic N) is 4. The van der Waals surface area contributed by atoms with Gasteiger partial charge in [0.2, 0.25) is 5.82 Å². The number of fused-ring (bicyclic) bond motifs is 1. The van der Waals surface area contributed by atoms with Gasteiger partial charge in [-0.2, -0.15) is 9.37 Å². The van der Waals surface area contributed by atoms with Crippen molar-refractivity contribution in [1.82, 2.24) is 14.9 Å². The Labute approximate surface area is 195 Å². The average molecular weight is 467 g/mol. The Bertz CT molecular complexity index is 1250. The molecular weight excluding hydrogens is 443 g/mol. The highest BCUT2D eigenvalue weighted by atomic mass is 19.1. The maximum absolute atomic E-state index is 15.1. The molecule has 2 aromatic carbocycles. The molecule has 0 radical (unpaired) electrons. The summed E-state index contributed by atoms with van der Waals surface area (Å²) in [6.45, 7) is 5.68. The molecule has 0 saturated carbocycles.